The average molecular weight is 367 g/mol. The number of benzene rings is 1. The number of ether oxygens (including phenoxy) is 1. The summed E-state index contributed by atoms with van der Waals surface area (Å²) < 4.78 is 6.91. The van der Waals surface area contributed by atoms with Gasteiger partial charge in [-0.2, -0.15) is 0 Å². The molecular formula is C19H17N3O3S. The molecule has 2 aromatic heterocycles. The molecule has 1 aliphatic rings. The molecule has 0 radical (unpaired) electrons. The molecular weight excluding hydrogens is 350 g/mol. The molecule has 0 fully saturated rings. The topological polar surface area (TPSA) is 73.2 Å². The maximum absolute atomic E-state index is 12.7. The second kappa shape index (κ2) is 6.76. The van der Waals surface area contributed by atoms with Crippen molar-refractivity contribution in [3.8, 4) is 16.2 Å². The van der Waals surface area contributed by atoms with Crippen molar-refractivity contribution in [3.63, 3.8) is 0 Å². The van der Waals surface area contributed by atoms with Gasteiger partial charge in [-0.05, 0) is 48.4 Å². The van der Waals surface area contributed by atoms with Crippen LogP contribution in [0.25, 0.3) is 10.4 Å². The summed E-state index contributed by atoms with van der Waals surface area (Å²) in [5, 5.41) is 3.43. The fourth-order valence-electron chi connectivity index (χ4n) is 3.10. The largest absolute Gasteiger partial charge is 0.497 e. The lowest BCUT2D eigenvalue weighted by molar-refractivity contribution is -0.119. The molecule has 26 heavy (non-hydrogen) atoms. The number of anilines is 1. The second-order valence-electron chi connectivity index (χ2n) is 6.03. The van der Waals surface area contributed by atoms with Gasteiger partial charge in [-0.1, -0.05) is 11.3 Å². The van der Waals surface area contributed by atoms with Crippen LogP contribution in [0.15, 0.2) is 48.8 Å². The van der Waals surface area contributed by atoms with Gasteiger partial charge in [-0.3, -0.25) is 9.59 Å². The van der Waals surface area contributed by atoms with Gasteiger partial charge in [0.1, 0.15) is 11.8 Å². The number of carbonyl (C=O) groups excluding carboxylic acids is 2. The first-order valence-corrected chi connectivity index (χ1v) is 9.08. The first-order valence-electron chi connectivity index (χ1n) is 8.27. The fourth-order valence-corrected chi connectivity index (χ4v) is 3.93. The van der Waals surface area contributed by atoms with Gasteiger partial charge in [0.2, 0.25) is 5.91 Å². The van der Waals surface area contributed by atoms with Crippen molar-refractivity contribution in [2.75, 3.05) is 12.4 Å². The van der Waals surface area contributed by atoms with E-state index in [1.165, 1.54) is 11.3 Å². The van der Waals surface area contributed by atoms with E-state index in [0.29, 0.717) is 23.7 Å². The molecule has 0 saturated carbocycles. The summed E-state index contributed by atoms with van der Waals surface area (Å²) >= 11 is 1.42. The normalized spacial score (nSPS) is 16.2. The van der Waals surface area contributed by atoms with Crippen molar-refractivity contribution >= 4 is 28.2 Å². The zero-order valence-electron chi connectivity index (χ0n) is 14.1. The van der Waals surface area contributed by atoms with Gasteiger partial charge in [0.05, 0.1) is 17.7 Å². The number of ketones is 1. The van der Waals surface area contributed by atoms with E-state index in [2.05, 4.69) is 10.3 Å². The lowest BCUT2D eigenvalue weighted by Crippen LogP contribution is -2.31. The van der Waals surface area contributed by atoms with Crippen molar-refractivity contribution in [1.82, 2.24) is 9.55 Å². The summed E-state index contributed by atoms with van der Waals surface area (Å²) in [5.74, 6) is 0.724. The minimum absolute atomic E-state index is 0.0788. The van der Waals surface area contributed by atoms with Crippen LogP contribution in [0, 0.1) is 0 Å². The Morgan fingerprint density at radius 1 is 1.31 bits per heavy atom. The maximum Gasteiger partial charge on any atom is 0.249 e. The van der Waals surface area contributed by atoms with E-state index < -0.39 is 0 Å². The molecule has 4 rings (SSSR count). The quantitative estimate of drug-likeness (QED) is 0.762. The molecule has 0 saturated heterocycles. The van der Waals surface area contributed by atoms with Gasteiger partial charge in [0.25, 0.3) is 0 Å². The zero-order valence-corrected chi connectivity index (χ0v) is 15.0. The molecule has 3 heterocycles. The van der Waals surface area contributed by atoms with Crippen molar-refractivity contribution < 1.29 is 14.3 Å². The standard InChI is InChI=1S/C19H17N3O3S/c1-25-13-6-4-12(5-7-13)17-11-20-19(26-17)21-18(24)15-8-9-16(23)14-3-2-10-22(14)15/h2-7,10-11,15H,8-9H2,1H3,(H,20,21,24). The number of nitrogens with zero attached hydrogens (tertiary/aromatic N) is 2. The van der Waals surface area contributed by atoms with Crippen LogP contribution in [0.4, 0.5) is 5.13 Å². The van der Waals surface area contributed by atoms with E-state index in [-0.39, 0.29) is 17.7 Å². The molecule has 132 valence electrons. The zero-order chi connectivity index (χ0) is 18.1. The number of rotatable bonds is 4. The highest BCUT2D eigenvalue weighted by Crippen LogP contribution is 2.32. The lowest BCUT2D eigenvalue weighted by Gasteiger charge is -2.24. The van der Waals surface area contributed by atoms with Crippen LogP contribution in [0.3, 0.4) is 0 Å². The molecule has 1 atom stereocenters. The van der Waals surface area contributed by atoms with E-state index in [1.807, 2.05) is 24.3 Å². The Labute approximate surface area is 154 Å². The number of thiazole rings is 1. The van der Waals surface area contributed by atoms with Crippen LogP contribution in [-0.2, 0) is 4.79 Å². The number of fused-ring (bicyclic) bond motifs is 1. The van der Waals surface area contributed by atoms with E-state index in [1.54, 1.807) is 36.2 Å². The molecule has 3 aromatic rings. The average Bonchev–Trinajstić information content (AvgIpc) is 3.32. The third-order valence-electron chi connectivity index (χ3n) is 4.46. The van der Waals surface area contributed by atoms with Crippen molar-refractivity contribution in [2.45, 2.75) is 18.9 Å². The molecule has 7 heteroatoms. The predicted molar refractivity (Wildman–Crippen MR) is 99.8 cm³/mol. The Hall–Kier alpha value is -2.93. The summed E-state index contributed by atoms with van der Waals surface area (Å²) in [6.07, 6.45) is 4.41. The molecule has 6 nitrogen and oxygen atoms in total. The summed E-state index contributed by atoms with van der Waals surface area (Å²) in [4.78, 5) is 29.8. The van der Waals surface area contributed by atoms with Crippen LogP contribution in [0.5, 0.6) is 5.75 Å². The van der Waals surface area contributed by atoms with Gasteiger partial charge in [0.15, 0.2) is 10.9 Å². The monoisotopic (exact) mass is 367 g/mol. The van der Waals surface area contributed by atoms with E-state index >= 15 is 0 Å². The molecule has 0 spiro atoms. The maximum atomic E-state index is 12.7. The second-order valence-corrected chi connectivity index (χ2v) is 7.06. The molecule has 1 amide bonds. The van der Waals surface area contributed by atoms with E-state index in [4.69, 9.17) is 4.74 Å². The van der Waals surface area contributed by atoms with Gasteiger partial charge < -0.3 is 14.6 Å². The summed E-state index contributed by atoms with van der Waals surface area (Å²) in [6, 6.07) is 10.9. The number of Topliss-reactive ketones (excluding diaryl/α,β-unsaturated/α-hetero) is 1. The van der Waals surface area contributed by atoms with Crippen molar-refractivity contribution in [1.29, 1.82) is 0 Å². The predicted octanol–water partition coefficient (Wildman–Crippen LogP) is 3.78. The Bertz CT molecular complexity index is 959. The molecule has 1 aromatic carbocycles. The van der Waals surface area contributed by atoms with E-state index in [0.717, 1.165) is 16.2 Å². The Morgan fingerprint density at radius 2 is 2.12 bits per heavy atom. The first kappa shape index (κ1) is 16.5. The molecule has 0 aliphatic carbocycles. The highest BCUT2D eigenvalue weighted by molar-refractivity contribution is 7.19. The fraction of sp³-hybridized carbons (Fsp3) is 0.211. The number of hydrogen-bond donors (Lipinski definition) is 1. The summed E-state index contributed by atoms with van der Waals surface area (Å²) in [5.41, 5.74) is 1.61. The number of amides is 1. The van der Waals surface area contributed by atoms with Gasteiger partial charge in [-0.15, -0.1) is 0 Å². The smallest absolute Gasteiger partial charge is 0.249 e. The molecule has 1 N–H and O–H groups in total. The Morgan fingerprint density at radius 3 is 2.88 bits per heavy atom. The Kier molecular flexibility index (Phi) is 4.30. The molecule has 1 unspecified atom stereocenters. The lowest BCUT2D eigenvalue weighted by atomic mass is 10.0. The van der Waals surface area contributed by atoms with Crippen LogP contribution in [0.2, 0.25) is 0 Å². The third kappa shape index (κ3) is 3.01. The number of hydrogen-bond acceptors (Lipinski definition) is 5. The van der Waals surface area contributed by atoms with Gasteiger partial charge in [0, 0.05) is 18.8 Å². The van der Waals surface area contributed by atoms with Gasteiger partial charge in [-0.25, -0.2) is 4.98 Å². The van der Waals surface area contributed by atoms with Crippen LogP contribution < -0.4 is 10.1 Å². The first-order chi connectivity index (χ1) is 12.7. The number of methoxy groups -OCH3 is 1. The van der Waals surface area contributed by atoms with Gasteiger partial charge >= 0.3 is 0 Å². The third-order valence-corrected chi connectivity index (χ3v) is 5.42. The molecule has 1 aliphatic heterocycles. The minimum atomic E-state index is -0.383. The van der Waals surface area contributed by atoms with Crippen LogP contribution in [-0.4, -0.2) is 28.4 Å². The highest BCUT2D eigenvalue weighted by Gasteiger charge is 2.29. The van der Waals surface area contributed by atoms with Crippen molar-refractivity contribution in [2.24, 2.45) is 0 Å². The molecule has 0 bridgehead atoms. The SMILES string of the molecule is COc1ccc(-c2cnc(NC(=O)C3CCC(=O)c4cccn43)s2)cc1. The number of aromatic nitrogens is 2. The van der Waals surface area contributed by atoms with Crippen LogP contribution in [0.1, 0.15) is 29.4 Å². The van der Waals surface area contributed by atoms with Crippen molar-refractivity contribution in [3.05, 3.63) is 54.5 Å². The minimum Gasteiger partial charge on any atom is -0.497 e. The highest BCUT2D eigenvalue weighted by atomic mass is 32.1. The number of nitrogens with one attached hydrogen (secondary N) is 1. The van der Waals surface area contributed by atoms with Crippen LogP contribution >= 0.6 is 11.3 Å². The summed E-state index contributed by atoms with van der Waals surface area (Å²) in [6.45, 7) is 0. The summed E-state index contributed by atoms with van der Waals surface area (Å²) in [7, 11) is 1.63. The number of carbonyl (C=O) groups is 2. The Balaban J connectivity index is 1.50. The van der Waals surface area contributed by atoms with E-state index in [9.17, 15) is 9.59 Å².